The maximum Gasteiger partial charge on any atom is 0.228 e. The third-order valence-electron chi connectivity index (χ3n) is 4.51. The predicted molar refractivity (Wildman–Crippen MR) is 107 cm³/mol. The highest BCUT2D eigenvalue weighted by molar-refractivity contribution is 8.00. The number of carbonyl (C=O) groups excluding carboxylic acids is 1. The minimum absolute atomic E-state index is 0.0103. The highest BCUT2D eigenvalue weighted by atomic mass is 32.2. The number of hydrogen-bond donors (Lipinski definition) is 0. The Morgan fingerprint density at radius 3 is 2.58 bits per heavy atom. The Labute approximate surface area is 159 Å². The third-order valence-corrected chi connectivity index (χ3v) is 7.48. The molecule has 0 spiro atoms. The molecule has 1 amide bonds. The monoisotopic (exact) mass is 389 g/mol. The van der Waals surface area contributed by atoms with Crippen molar-refractivity contribution in [1.82, 2.24) is 0 Å². The van der Waals surface area contributed by atoms with E-state index in [0.717, 1.165) is 22.6 Å². The molecule has 0 fully saturated rings. The molecule has 0 saturated carbocycles. The van der Waals surface area contributed by atoms with E-state index in [0.29, 0.717) is 11.8 Å². The summed E-state index contributed by atoms with van der Waals surface area (Å²) in [7, 11) is -3.46. The second-order valence-corrected chi connectivity index (χ2v) is 10.2. The van der Waals surface area contributed by atoms with Gasteiger partial charge in [0.05, 0.1) is 16.3 Å². The number of fused-ring (bicyclic) bond motifs is 1. The molecule has 1 aliphatic rings. The van der Waals surface area contributed by atoms with E-state index >= 15 is 0 Å². The van der Waals surface area contributed by atoms with Crippen LogP contribution in [0.4, 0.5) is 5.69 Å². The Bertz CT molecular complexity index is 892. The van der Waals surface area contributed by atoms with Crippen LogP contribution in [0.2, 0.25) is 0 Å². The number of carbonyl (C=O) groups is 1. The fraction of sp³-hybridized carbons (Fsp3) is 0.350. The first kappa shape index (κ1) is 19.0. The highest BCUT2D eigenvalue weighted by Crippen LogP contribution is 2.37. The van der Waals surface area contributed by atoms with Gasteiger partial charge in [0, 0.05) is 23.1 Å². The topological polar surface area (TPSA) is 54.5 Å². The first-order valence-electron chi connectivity index (χ1n) is 8.72. The quantitative estimate of drug-likeness (QED) is 0.791. The summed E-state index contributed by atoms with van der Waals surface area (Å²) >= 11 is 1.76. The molecular formula is C20H23NO3S2. The molecule has 1 unspecified atom stereocenters. The van der Waals surface area contributed by atoms with E-state index in [2.05, 4.69) is 6.92 Å². The van der Waals surface area contributed by atoms with Crippen LogP contribution in [0.15, 0.2) is 58.3 Å². The maximum atomic E-state index is 12.8. The van der Waals surface area contributed by atoms with Crippen LogP contribution in [-0.4, -0.2) is 31.9 Å². The lowest BCUT2D eigenvalue weighted by Crippen LogP contribution is -2.33. The molecule has 2 aromatic carbocycles. The number of hydrogen-bond acceptors (Lipinski definition) is 4. The van der Waals surface area contributed by atoms with Gasteiger partial charge in [-0.25, -0.2) is 8.42 Å². The fourth-order valence-corrected chi connectivity index (χ4v) is 5.31. The molecule has 0 aliphatic carbocycles. The van der Waals surface area contributed by atoms with Gasteiger partial charge in [0.25, 0.3) is 0 Å². The van der Waals surface area contributed by atoms with Gasteiger partial charge in [-0.05, 0) is 37.6 Å². The van der Waals surface area contributed by atoms with Crippen LogP contribution < -0.4 is 4.90 Å². The predicted octanol–water partition coefficient (Wildman–Crippen LogP) is 4.08. The molecular weight excluding hydrogens is 366 g/mol. The van der Waals surface area contributed by atoms with Crippen LogP contribution in [-0.2, 0) is 14.6 Å². The Balaban J connectivity index is 1.75. The largest absolute Gasteiger partial charge is 0.311 e. The van der Waals surface area contributed by atoms with Gasteiger partial charge in [0.2, 0.25) is 5.91 Å². The molecule has 6 heteroatoms. The maximum absolute atomic E-state index is 12.8. The van der Waals surface area contributed by atoms with Gasteiger partial charge in [-0.2, -0.15) is 0 Å². The average molecular weight is 390 g/mol. The Morgan fingerprint density at radius 1 is 1.15 bits per heavy atom. The molecule has 1 heterocycles. The zero-order valence-electron chi connectivity index (χ0n) is 15.0. The van der Waals surface area contributed by atoms with Crippen LogP contribution in [0.25, 0.3) is 0 Å². The minimum atomic E-state index is -3.46. The molecule has 0 radical (unpaired) electrons. The van der Waals surface area contributed by atoms with Crippen molar-refractivity contribution in [3.8, 4) is 0 Å². The van der Waals surface area contributed by atoms with Crippen molar-refractivity contribution in [2.24, 2.45) is 0 Å². The number of para-hydroxylation sites is 1. The van der Waals surface area contributed by atoms with Crippen molar-refractivity contribution >= 4 is 33.2 Å². The van der Waals surface area contributed by atoms with Gasteiger partial charge in [-0.15, -0.1) is 11.8 Å². The lowest BCUT2D eigenvalue weighted by molar-refractivity contribution is -0.118. The Hall–Kier alpha value is -1.79. The van der Waals surface area contributed by atoms with Gasteiger partial charge in [-0.3, -0.25) is 4.79 Å². The van der Waals surface area contributed by atoms with Crippen molar-refractivity contribution < 1.29 is 13.2 Å². The van der Waals surface area contributed by atoms with Crippen molar-refractivity contribution in [2.45, 2.75) is 41.7 Å². The second kappa shape index (κ2) is 7.84. The standard InChI is InChI=1S/C20H23NO3S2/c1-15-7-9-17(10-8-15)26(23,24)14-12-20(22)21-13-11-16(2)25-19-6-4-3-5-18(19)21/h3-10,16H,11-14H2,1-2H3. The zero-order valence-corrected chi connectivity index (χ0v) is 16.6. The van der Waals surface area contributed by atoms with E-state index in [1.165, 1.54) is 0 Å². The number of thioether (sulfide) groups is 1. The Morgan fingerprint density at radius 2 is 1.85 bits per heavy atom. The second-order valence-electron chi connectivity index (χ2n) is 6.61. The molecule has 0 N–H and O–H groups in total. The van der Waals surface area contributed by atoms with E-state index in [1.54, 1.807) is 40.9 Å². The summed E-state index contributed by atoms with van der Waals surface area (Å²) in [5.41, 5.74) is 1.90. The van der Waals surface area contributed by atoms with Crippen LogP contribution in [0.1, 0.15) is 25.3 Å². The summed E-state index contributed by atoms with van der Waals surface area (Å²) in [6, 6.07) is 14.6. The average Bonchev–Trinajstić information content (AvgIpc) is 2.78. The van der Waals surface area contributed by atoms with Gasteiger partial charge in [-0.1, -0.05) is 36.8 Å². The van der Waals surface area contributed by atoms with E-state index in [9.17, 15) is 13.2 Å². The number of benzene rings is 2. The third kappa shape index (κ3) is 4.30. The first-order chi connectivity index (χ1) is 12.4. The summed E-state index contributed by atoms with van der Waals surface area (Å²) in [4.78, 5) is 15.9. The summed E-state index contributed by atoms with van der Waals surface area (Å²) in [5, 5.41) is 0.422. The van der Waals surface area contributed by atoms with Gasteiger partial charge in [0.1, 0.15) is 0 Å². The molecule has 0 saturated heterocycles. The zero-order chi connectivity index (χ0) is 18.7. The molecule has 0 aromatic heterocycles. The summed E-state index contributed by atoms with van der Waals surface area (Å²) in [5.74, 6) is -0.307. The van der Waals surface area contributed by atoms with E-state index in [1.807, 2.05) is 31.2 Å². The van der Waals surface area contributed by atoms with Crippen LogP contribution in [0, 0.1) is 6.92 Å². The number of aryl methyl sites for hydroxylation is 1. The number of anilines is 1. The summed E-state index contributed by atoms with van der Waals surface area (Å²) in [6.45, 7) is 4.68. The number of amides is 1. The molecule has 138 valence electrons. The van der Waals surface area contributed by atoms with Gasteiger partial charge < -0.3 is 4.90 Å². The van der Waals surface area contributed by atoms with Gasteiger partial charge >= 0.3 is 0 Å². The first-order valence-corrected chi connectivity index (χ1v) is 11.3. The van der Waals surface area contributed by atoms with Crippen molar-refractivity contribution in [2.75, 3.05) is 17.2 Å². The SMILES string of the molecule is Cc1ccc(S(=O)(=O)CCC(=O)N2CCC(C)Sc3ccccc32)cc1. The van der Waals surface area contributed by atoms with E-state index < -0.39 is 9.84 Å². The van der Waals surface area contributed by atoms with Crippen molar-refractivity contribution in [1.29, 1.82) is 0 Å². The van der Waals surface area contributed by atoms with E-state index in [-0.39, 0.29) is 23.0 Å². The number of sulfone groups is 1. The molecule has 2 aromatic rings. The normalized spacial score (nSPS) is 17.5. The molecule has 1 atom stereocenters. The Kier molecular flexibility index (Phi) is 5.73. The number of nitrogens with zero attached hydrogens (tertiary/aromatic N) is 1. The highest BCUT2D eigenvalue weighted by Gasteiger charge is 2.25. The van der Waals surface area contributed by atoms with Crippen LogP contribution in [0.3, 0.4) is 0 Å². The fourth-order valence-electron chi connectivity index (χ4n) is 2.97. The van der Waals surface area contributed by atoms with Crippen molar-refractivity contribution in [3.63, 3.8) is 0 Å². The molecule has 1 aliphatic heterocycles. The molecule has 4 nitrogen and oxygen atoms in total. The van der Waals surface area contributed by atoms with Gasteiger partial charge in [0.15, 0.2) is 9.84 Å². The molecule has 26 heavy (non-hydrogen) atoms. The lowest BCUT2D eigenvalue weighted by Gasteiger charge is -2.22. The van der Waals surface area contributed by atoms with Crippen LogP contribution >= 0.6 is 11.8 Å². The lowest BCUT2D eigenvalue weighted by atomic mass is 10.2. The molecule has 0 bridgehead atoms. The van der Waals surface area contributed by atoms with E-state index in [4.69, 9.17) is 0 Å². The summed E-state index contributed by atoms with van der Waals surface area (Å²) in [6.07, 6.45) is 0.874. The van der Waals surface area contributed by atoms with Crippen LogP contribution in [0.5, 0.6) is 0 Å². The summed E-state index contributed by atoms with van der Waals surface area (Å²) < 4.78 is 25.0. The van der Waals surface area contributed by atoms with Crippen molar-refractivity contribution in [3.05, 3.63) is 54.1 Å². The minimum Gasteiger partial charge on any atom is -0.311 e. The molecule has 3 rings (SSSR count). The number of rotatable bonds is 4. The smallest absolute Gasteiger partial charge is 0.228 e.